The molecule has 0 saturated carbocycles. The van der Waals surface area contributed by atoms with Crippen LogP contribution in [0.2, 0.25) is 0 Å². The monoisotopic (exact) mass is 393 g/mol. The van der Waals surface area contributed by atoms with Crippen molar-refractivity contribution in [2.45, 2.75) is 13.0 Å². The van der Waals surface area contributed by atoms with Gasteiger partial charge in [-0.1, -0.05) is 11.2 Å². The fourth-order valence-electron chi connectivity index (χ4n) is 3.43. The third-order valence-corrected chi connectivity index (χ3v) is 5.91. The highest BCUT2D eigenvalue weighted by molar-refractivity contribution is 7.13. The van der Waals surface area contributed by atoms with E-state index >= 15 is 0 Å². The highest BCUT2D eigenvalue weighted by Gasteiger charge is 2.26. The van der Waals surface area contributed by atoms with Crippen LogP contribution in [-0.2, 0) is 0 Å². The standard InChI is InChI=1S/C19H19N7OS/c1-13(19-23-18(24-27-19)15-3-2-12-28-15)25-8-10-26(11-9-25)16-5-4-14-17(22-16)21-7-6-20-14/h2-7,12-13H,8-11H2,1H3. The summed E-state index contributed by atoms with van der Waals surface area (Å²) in [5.41, 5.74) is 1.50. The molecule has 1 fully saturated rings. The van der Waals surface area contributed by atoms with Gasteiger partial charge in [-0.3, -0.25) is 9.88 Å². The van der Waals surface area contributed by atoms with Crippen LogP contribution < -0.4 is 4.90 Å². The number of aromatic nitrogens is 5. The van der Waals surface area contributed by atoms with Crippen LogP contribution in [0.25, 0.3) is 21.9 Å². The third-order valence-electron chi connectivity index (χ3n) is 5.04. The van der Waals surface area contributed by atoms with Crippen molar-refractivity contribution in [3.05, 3.63) is 47.9 Å². The van der Waals surface area contributed by atoms with Gasteiger partial charge in [-0.15, -0.1) is 11.3 Å². The molecule has 9 heteroatoms. The van der Waals surface area contributed by atoms with Crippen molar-refractivity contribution >= 4 is 28.3 Å². The predicted octanol–water partition coefficient (Wildman–Crippen LogP) is 3.02. The van der Waals surface area contributed by atoms with Crippen molar-refractivity contribution in [2.24, 2.45) is 0 Å². The first kappa shape index (κ1) is 17.2. The van der Waals surface area contributed by atoms with E-state index in [2.05, 4.69) is 41.8 Å². The molecule has 1 unspecified atom stereocenters. The lowest BCUT2D eigenvalue weighted by Crippen LogP contribution is -2.47. The first-order chi connectivity index (χ1) is 13.8. The Kier molecular flexibility index (Phi) is 4.46. The van der Waals surface area contributed by atoms with Crippen molar-refractivity contribution in [3.63, 3.8) is 0 Å². The fraction of sp³-hybridized carbons (Fsp3) is 0.316. The minimum Gasteiger partial charge on any atom is -0.354 e. The van der Waals surface area contributed by atoms with E-state index in [9.17, 15) is 0 Å². The quantitative estimate of drug-likeness (QED) is 0.523. The van der Waals surface area contributed by atoms with Gasteiger partial charge in [0, 0.05) is 38.6 Å². The smallest absolute Gasteiger partial charge is 0.244 e. The molecule has 0 bridgehead atoms. The van der Waals surface area contributed by atoms with Crippen LogP contribution in [0, 0.1) is 0 Å². The third kappa shape index (κ3) is 3.23. The zero-order chi connectivity index (χ0) is 18.9. The zero-order valence-electron chi connectivity index (χ0n) is 15.4. The van der Waals surface area contributed by atoms with Gasteiger partial charge in [0.1, 0.15) is 11.3 Å². The molecule has 5 rings (SSSR count). The van der Waals surface area contributed by atoms with Crippen molar-refractivity contribution in [1.82, 2.24) is 30.0 Å². The Bertz CT molecular complexity index is 1070. The van der Waals surface area contributed by atoms with Gasteiger partial charge in [0.2, 0.25) is 11.7 Å². The number of hydrogen-bond donors (Lipinski definition) is 0. The molecule has 142 valence electrons. The average molecular weight is 393 g/mol. The van der Waals surface area contributed by atoms with Gasteiger partial charge in [0.15, 0.2) is 5.65 Å². The molecule has 0 amide bonds. The van der Waals surface area contributed by atoms with Crippen LogP contribution in [0.4, 0.5) is 5.82 Å². The number of piperazine rings is 1. The predicted molar refractivity (Wildman–Crippen MR) is 107 cm³/mol. The van der Waals surface area contributed by atoms with Gasteiger partial charge in [-0.2, -0.15) is 4.98 Å². The number of fused-ring (bicyclic) bond motifs is 1. The maximum atomic E-state index is 5.53. The Hall–Kier alpha value is -2.91. The number of pyridine rings is 1. The number of rotatable bonds is 4. The Morgan fingerprint density at radius 3 is 2.71 bits per heavy atom. The molecule has 28 heavy (non-hydrogen) atoms. The number of hydrogen-bond acceptors (Lipinski definition) is 9. The molecule has 4 aromatic rings. The summed E-state index contributed by atoms with van der Waals surface area (Å²) < 4.78 is 5.53. The Balaban J connectivity index is 1.26. The average Bonchev–Trinajstić information content (AvgIpc) is 3.45. The van der Waals surface area contributed by atoms with E-state index in [1.54, 1.807) is 23.7 Å². The first-order valence-corrected chi connectivity index (χ1v) is 10.1. The molecule has 0 aromatic carbocycles. The highest BCUT2D eigenvalue weighted by Crippen LogP contribution is 2.26. The molecule has 5 heterocycles. The molecule has 0 radical (unpaired) electrons. The molecule has 1 atom stereocenters. The molecule has 4 aromatic heterocycles. The molecule has 0 spiro atoms. The maximum Gasteiger partial charge on any atom is 0.244 e. The van der Waals surface area contributed by atoms with Gasteiger partial charge in [-0.05, 0) is 30.5 Å². The van der Waals surface area contributed by atoms with Crippen LogP contribution >= 0.6 is 11.3 Å². The number of nitrogens with zero attached hydrogens (tertiary/aromatic N) is 7. The molecule has 1 aliphatic rings. The maximum absolute atomic E-state index is 5.53. The number of thiophene rings is 1. The van der Waals surface area contributed by atoms with Gasteiger partial charge in [0.25, 0.3) is 0 Å². The number of anilines is 1. The van der Waals surface area contributed by atoms with Crippen LogP contribution in [-0.4, -0.2) is 56.2 Å². The molecular formula is C19H19N7OS. The van der Waals surface area contributed by atoms with E-state index in [0.717, 1.165) is 42.4 Å². The lowest BCUT2D eigenvalue weighted by atomic mass is 10.2. The summed E-state index contributed by atoms with van der Waals surface area (Å²) in [7, 11) is 0. The van der Waals surface area contributed by atoms with E-state index in [1.165, 1.54) is 0 Å². The van der Waals surface area contributed by atoms with E-state index < -0.39 is 0 Å². The summed E-state index contributed by atoms with van der Waals surface area (Å²) >= 11 is 1.61. The summed E-state index contributed by atoms with van der Waals surface area (Å²) in [5, 5.41) is 6.14. The Morgan fingerprint density at radius 2 is 1.89 bits per heavy atom. The summed E-state index contributed by atoms with van der Waals surface area (Å²) in [6, 6.07) is 8.07. The minimum atomic E-state index is 0.0822. The van der Waals surface area contributed by atoms with Crippen LogP contribution in [0.3, 0.4) is 0 Å². The largest absolute Gasteiger partial charge is 0.354 e. The molecule has 8 nitrogen and oxygen atoms in total. The fourth-order valence-corrected chi connectivity index (χ4v) is 4.07. The summed E-state index contributed by atoms with van der Waals surface area (Å²) in [4.78, 5) is 23.5. The normalized spacial score (nSPS) is 16.5. The Labute approximate surface area is 165 Å². The highest BCUT2D eigenvalue weighted by atomic mass is 32.1. The van der Waals surface area contributed by atoms with Crippen molar-refractivity contribution in [1.29, 1.82) is 0 Å². The SMILES string of the molecule is CC(c1nc(-c2cccs2)no1)N1CCN(c2ccc3nccnc3n2)CC1. The van der Waals surface area contributed by atoms with E-state index in [0.29, 0.717) is 17.4 Å². The van der Waals surface area contributed by atoms with Crippen molar-refractivity contribution < 1.29 is 4.52 Å². The molecule has 0 N–H and O–H groups in total. The van der Waals surface area contributed by atoms with Gasteiger partial charge in [-0.25, -0.2) is 9.97 Å². The topological polar surface area (TPSA) is 84.1 Å². The lowest BCUT2D eigenvalue weighted by molar-refractivity contribution is 0.164. The molecule has 1 saturated heterocycles. The molecule has 0 aliphatic carbocycles. The second kappa shape index (κ2) is 7.25. The lowest BCUT2D eigenvalue weighted by Gasteiger charge is -2.37. The van der Waals surface area contributed by atoms with E-state index in [1.807, 2.05) is 29.6 Å². The minimum absolute atomic E-state index is 0.0822. The molecule has 1 aliphatic heterocycles. The van der Waals surface area contributed by atoms with E-state index in [-0.39, 0.29) is 6.04 Å². The van der Waals surface area contributed by atoms with Crippen molar-refractivity contribution in [3.8, 4) is 10.7 Å². The van der Waals surface area contributed by atoms with Crippen LogP contribution in [0.5, 0.6) is 0 Å². The Morgan fingerprint density at radius 1 is 1.04 bits per heavy atom. The zero-order valence-corrected chi connectivity index (χ0v) is 16.2. The summed E-state index contributed by atoms with van der Waals surface area (Å²) in [6.07, 6.45) is 3.36. The first-order valence-electron chi connectivity index (χ1n) is 9.22. The van der Waals surface area contributed by atoms with Gasteiger partial charge < -0.3 is 9.42 Å². The molecular weight excluding hydrogens is 374 g/mol. The van der Waals surface area contributed by atoms with Gasteiger partial charge >= 0.3 is 0 Å². The van der Waals surface area contributed by atoms with Crippen molar-refractivity contribution in [2.75, 3.05) is 31.1 Å². The van der Waals surface area contributed by atoms with Crippen LogP contribution in [0.1, 0.15) is 18.9 Å². The second-order valence-electron chi connectivity index (χ2n) is 6.70. The second-order valence-corrected chi connectivity index (χ2v) is 7.65. The van der Waals surface area contributed by atoms with E-state index in [4.69, 9.17) is 4.52 Å². The van der Waals surface area contributed by atoms with Gasteiger partial charge in [0.05, 0.1) is 10.9 Å². The summed E-state index contributed by atoms with van der Waals surface area (Å²) in [6.45, 7) is 5.69. The summed E-state index contributed by atoms with van der Waals surface area (Å²) in [5.74, 6) is 2.27. The van der Waals surface area contributed by atoms with Crippen LogP contribution in [0.15, 0.2) is 46.6 Å².